The predicted octanol–water partition coefficient (Wildman–Crippen LogP) is 20.1. The van der Waals surface area contributed by atoms with E-state index in [2.05, 4.69) is 47.2 Å². The van der Waals surface area contributed by atoms with Gasteiger partial charge in [-0.1, -0.05) is 152 Å². The molecule has 0 fully saturated rings. The maximum Gasteiger partial charge on any atom is 0.379 e. The van der Waals surface area contributed by atoms with Gasteiger partial charge in [-0.05, 0) is 149 Å². The van der Waals surface area contributed by atoms with E-state index in [-0.39, 0.29) is 146 Å². The van der Waals surface area contributed by atoms with Gasteiger partial charge in [-0.15, -0.1) is 0 Å². The van der Waals surface area contributed by atoms with Crippen molar-refractivity contribution in [3.63, 3.8) is 0 Å². The topological polar surface area (TPSA) is 314 Å². The summed E-state index contributed by atoms with van der Waals surface area (Å²) in [5.74, 6) is -7.29. The molecular weight excluding hydrogens is 1630 g/mol. The summed E-state index contributed by atoms with van der Waals surface area (Å²) in [6, 6.07) is 41.3. The molecule has 0 aliphatic carbocycles. The fourth-order valence-electron chi connectivity index (χ4n) is 9.24. The third-order valence-corrected chi connectivity index (χ3v) is 15.5. The molecule has 0 bridgehead atoms. The molecule has 4 aromatic heterocycles. The van der Waals surface area contributed by atoms with Crippen LogP contribution in [0.5, 0.6) is 0 Å². The van der Waals surface area contributed by atoms with E-state index in [1.54, 1.807) is 73.9 Å². The molecule has 21 nitrogen and oxygen atoms in total. The Bertz CT molecular complexity index is 4900. The Balaban J connectivity index is 0.00000137. The lowest BCUT2D eigenvalue weighted by atomic mass is 10.1. The van der Waals surface area contributed by atoms with Gasteiger partial charge in [0, 0.05) is 64.1 Å². The fraction of sp³-hybridized carbons (Fsp3) is 0.227. The lowest BCUT2D eigenvalue weighted by Gasteiger charge is -2.05. The second-order valence-electron chi connectivity index (χ2n) is 23.9. The van der Waals surface area contributed by atoms with Crippen molar-refractivity contribution in [2.24, 2.45) is 0 Å². The monoisotopic (exact) mass is 1720 g/mol. The minimum atomic E-state index is -1.07. The number of carbonyl (C=O) groups excluding carboxylic acids is 7. The molecule has 0 saturated carbocycles. The van der Waals surface area contributed by atoms with Crippen LogP contribution in [0.2, 0.25) is 0 Å². The predicted molar refractivity (Wildman–Crippen MR) is 439 cm³/mol. The molecule has 0 spiro atoms. The van der Waals surface area contributed by atoms with E-state index in [1.165, 1.54) is 147 Å². The summed E-state index contributed by atoms with van der Waals surface area (Å²) in [5.41, 5.74) is 8.96. The van der Waals surface area contributed by atoms with E-state index in [1.807, 2.05) is 6.92 Å². The number of ether oxygens (including phenoxy) is 1. The van der Waals surface area contributed by atoms with Crippen LogP contribution in [0.25, 0.3) is 11.3 Å². The molecule has 0 unspecified atom stereocenters. The minimum absolute atomic E-state index is 0. The number of allylic oxidation sites excluding steroid dienone is 1. The minimum Gasteiger partial charge on any atom is -0.503 e. The van der Waals surface area contributed by atoms with E-state index in [4.69, 9.17) is 34.4 Å². The average Bonchev–Trinajstić information content (AvgIpc) is 1.66. The maximum atomic E-state index is 12.9. The number of carboxylic acids is 1. The van der Waals surface area contributed by atoms with Gasteiger partial charge in [0.2, 0.25) is 22.7 Å². The number of nitrogens with zero attached hydrogens (tertiary/aromatic N) is 5. The molecule has 118 heavy (non-hydrogen) atoms. The molecule has 1 amide bonds. The van der Waals surface area contributed by atoms with Crippen LogP contribution in [0.15, 0.2) is 237 Å². The lowest BCUT2D eigenvalue weighted by Crippen LogP contribution is -2.22. The van der Waals surface area contributed by atoms with E-state index in [9.17, 15) is 79.3 Å². The third-order valence-electron chi connectivity index (χ3n) is 14.7. The number of carboxylic acid groups (broad SMARTS) is 1. The summed E-state index contributed by atoms with van der Waals surface area (Å²) < 4.78 is 113. The zero-order chi connectivity index (χ0) is 82.0. The van der Waals surface area contributed by atoms with Crippen molar-refractivity contribution in [3.8, 4) is 0 Å². The largest absolute Gasteiger partial charge is 0.503 e. The van der Waals surface area contributed by atoms with Crippen LogP contribution in [0.4, 0.5) is 30.7 Å². The number of Topliss-reactive ketones (excluding diaryl/α,β-unsaturated/α-hetero) is 3. The van der Waals surface area contributed by atoms with Crippen molar-refractivity contribution in [2.45, 2.75) is 110 Å². The number of aromatic nitrogens is 4. The number of benzene rings is 7. The summed E-state index contributed by atoms with van der Waals surface area (Å²) >= 11 is 8.18. The number of aliphatic hydroxyl groups is 2. The van der Waals surface area contributed by atoms with Crippen LogP contribution in [-0.2, 0) is 78.4 Å². The highest BCUT2D eigenvalue weighted by Gasteiger charge is 2.34. The van der Waals surface area contributed by atoms with Crippen LogP contribution in [0.1, 0.15) is 160 Å². The highest BCUT2D eigenvalue weighted by atomic mass is 79.9. The van der Waals surface area contributed by atoms with Crippen LogP contribution >= 0.6 is 27.5 Å². The molecule has 1 aliphatic heterocycles. The molecule has 0 atom stereocenters. The van der Waals surface area contributed by atoms with Gasteiger partial charge in [-0.2, -0.15) is 0 Å². The summed E-state index contributed by atoms with van der Waals surface area (Å²) in [7, 11) is 1.48. The Hall–Kier alpha value is -12.8. The van der Waals surface area contributed by atoms with Gasteiger partial charge in [0.05, 0.1) is 53.3 Å². The van der Waals surface area contributed by atoms with Gasteiger partial charge in [-0.3, -0.25) is 33.6 Å². The molecule has 7 aromatic carbocycles. The van der Waals surface area contributed by atoms with Gasteiger partial charge in [-0.25, -0.2) is 55.5 Å². The number of aliphatic hydroxyl groups excluding tert-OH is 2. The molecule has 1 aliphatic rings. The first-order valence-electron chi connectivity index (χ1n) is 33.3. The summed E-state index contributed by atoms with van der Waals surface area (Å²) in [6.07, 6.45) is 8.73. The standard InChI is InChI=1S/C16H13FN2O4.C16H14FNO5.C13H12FNO.C12H10FNO2.C9H8BrFO.C8H6ClFO.C8H7FO2.6CH4/c1-19-7-12(14(21)16(19)22)13(20)15-18-11(8-23-15)6-9-2-4-10(17)5-3-9;1-2-22-16(21)14(20)8-13(19)15-18-12(9-23-15)7-10-3-5-11(17)6-4-10;1-9(2)13-15-12(8-16-13)7-10-3-5-11(14)6-4-10;1-8(15)12-14-11(7-16-12)6-9-2-4-10(13)5-3-9;10-6-9(12)5-7-1-3-8(11)4-2-7;9-8(11)5-6-1-3-7(10)4-2-6;9-7-3-1-6(2-4-7)5-8(10)11;;;;;;/h2-5,8,21H,6-7H2,1H3;3-6,8-9,19H,2,7H2,1H3;3-6,8H,1,7H2,2H3;2-5,7H,6H2,1H3;1-4H,5-6H2;1-4H,5H2;1-4H,5H2,(H,10,11);6*1H4. The number of hydrogen-bond acceptors (Lipinski definition) is 19. The molecule has 11 aromatic rings. The van der Waals surface area contributed by atoms with Crippen molar-refractivity contribution >= 4 is 85.1 Å². The van der Waals surface area contributed by atoms with Crippen molar-refractivity contribution < 1.29 is 107 Å². The number of carbonyl (C=O) groups is 8. The summed E-state index contributed by atoms with van der Waals surface area (Å²) in [6.45, 7) is 8.62. The summed E-state index contributed by atoms with van der Waals surface area (Å²) in [4.78, 5) is 106. The normalized spacial score (nSPS) is 10.7. The molecule has 12 rings (SSSR count). The number of hydrogen-bond donors (Lipinski definition) is 3. The van der Waals surface area contributed by atoms with Crippen molar-refractivity contribution in [2.75, 3.05) is 25.5 Å². The van der Waals surface area contributed by atoms with Crippen molar-refractivity contribution in [1.82, 2.24) is 24.8 Å². The van der Waals surface area contributed by atoms with Crippen LogP contribution in [0.3, 0.4) is 0 Å². The van der Waals surface area contributed by atoms with E-state index >= 15 is 0 Å². The second kappa shape index (κ2) is 53.4. The first-order valence-corrected chi connectivity index (χ1v) is 34.8. The summed E-state index contributed by atoms with van der Waals surface area (Å²) in [5, 5.41) is 27.7. The number of oxazole rings is 4. The first kappa shape index (κ1) is 105. The molecular formula is C88H94BrClF7N5O16. The zero-order valence-electron chi connectivity index (χ0n) is 60.1. The number of amides is 1. The molecule has 630 valence electrons. The maximum absolute atomic E-state index is 12.9. The van der Waals surface area contributed by atoms with E-state index < -0.39 is 46.2 Å². The molecule has 0 radical (unpaired) electrons. The van der Waals surface area contributed by atoms with Gasteiger partial charge in [0.1, 0.15) is 71.6 Å². The highest BCUT2D eigenvalue weighted by Crippen LogP contribution is 2.22. The second-order valence-corrected chi connectivity index (χ2v) is 24.9. The number of likely N-dealkylation sites (N-methyl/N-ethyl adjacent to an activating group) is 1. The zero-order valence-corrected chi connectivity index (χ0v) is 62.5. The first-order chi connectivity index (χ1) is 53.3. The van der Waals surface area contributed by atoms with Crippen molar-refractivity contribution in [1.29, 1.82) is 0 Å². The van der Waals surface area contributed by atoms with Crippen LogP contribution < -0.4 is 0 Å². The van der Waals surface area contributed by atoms with Gasteiger partial charge < -0.3 is 42.6 Å². The Labute approximate surface area is 693 Å². The molecule has 5 heterocycles. The number of esters is 1. The molecule has 30 heteroatoms. The lowest BCUT2D eigenvalue weighted by molar-refractivity contribution is -0.151. The Morgan fingerprint density at radius 3 is 1.07 bits per heavy atom. The number of aliphatic carboxylic acids is 1. The quantitative estimate of drug-likeness (QED) is 0.00783. The molecule has 0 saturated heterocycles. The van der Waals surface area contributed by atoms with Crippen LogP contribution in [-0.4, -0.2) is 112 Å². The third kappa shape index (κ3) is 37.2. The Morgan fingerprint density at radius 2 is 0.780 bits per heavy atom. The smallest absolute Gasteiger partial charge is 0.379 e. The number of alkyl halides is 1. The fourth-order valence-corrected chi connectivity index (χ4v) is 9.60. The SMILES string of the molecule is C.C.C.C.C.C.C=C(C)c1nc(Cc2ccc(F)cc2)co1.CC(=O)c1nc(Cc2ccc(F)cc2)co1.CCOC(=O)C(=O)C=C(O)c1nc(Cc2ccc(F)cc2)co1.CN1CC(C(=O)c2nc(Cc3ccc(F)cc3)co2)=C(O)C1=O.O=C(CBr)Cc1ccc(F)cc1.O=C(Cl)Cc1ccc(F)cc1.O=C(O)Cc1ccc(F)cc1. The van der Waals surface area contributed by atoms with E-state index in [0.29, 0.717) is 72.0 Å². The van der Waals surface area contributed by atoms with Gasteiger partial charge >= 0.3 is 11.9 Å². The highest BCUT2D eigenvalue weighted by molar-refractivity contribution is 9.09. The van der Waals surface area contributed by atoms with Crippen LogP contribution in [0, 0.1) is 40.7 Å². The van der Waals surface area contributed by atoms with Gasteiger partial charge in [0.25, 0.3) is 29.4 Å². The Morgan fingerprint density at radius 1 is 0.483 bits per heavy atom. The Kier molecular flexibility index (Phi) is 47.6. The van der Waals surface area contributed by atoms with Crippen molar-refractivity contribution in [3.05, 3.63) is 345 Å². The number of halogens is 9. The number of rotatable bonds is 23. The molecule has 3 N–H and O–H groups in total. The number of ketones is 4. The van der Waals surface area contributed by atoms with Gasteiger partial charge in [0.15, 0.2) is 11.5 Å². The van der Waals surface area contributed by atoms with E-state index in [0.717, 1.165) is 44.6 Å². The average molecular weight is 1730 g/mol.